The third-order valence-electron chi connectivity index (χ3n) is 5.09. The van der Waals surface area contributed by atoms with Crippen LogP contribution in [0.2, 0.25) is 0 Å². The molecule has 2 fully saturated rings. The lowest BCUT2D eigenvalue weighted by molar-refractivity contribution is -0.124. The zero-order valence-electron chi connectivity index (χ0n) is 12.6. The van der Waals surface area contributed by atoms with Crippen LogP contribution in [0.1, 0.15) is 37.7 Å². The number of carbonyl (C=O) groups excluding carboxylic acids is 1. The van der Waals surface area contributed by atoms with E-state index in [0.29, 0.717) is 25.9 Å². The summed E-state index contributed by atoms with van der Waals surface area (Å²) in [6.45, 7) is 1.86. The maximum Gasteiger partial charge on any atom is 0.224 e. The molecule has 3 rings (SSSR count). The van der Waals surface area contributed by atoms with Crippen molar-refractivity contribution in [3.05, 3.63) is 35.4 Å². The first-order valence-electron chi connectivity index (χ1n) is 8.05. The molecule has 2 N–H and O–H groups in total. The molecule has 22 heavy (non-hydrogen) atoms. The van der Waals surface area contributed by atoms with Crippen molar-refractivity contribution in [2.45, 2.75) is 37.5 Å². The molecule has 1 heterocycles. The standard InChI is InChI=1S/C17H22F2N2O/c18-13-4-3-5-14(19)15(13)17(7-1-2-8-17)11-21-16(22)12-6-9-20-10-12/h3-5,12,20H,1-2,6-11H2,(H,21,22). The lowest BCUT2D eigenvalue weighted by Gasteiger charge is -2.31. The third kappa shape index (κ3) is 2.86. The Morgan fingerprint density at radius 3 is 2.55 bits per heavy atom. The highest BCUT2D eigenvalue weighted by Crippen LogP contribution is 2.42. The Bertz CT molecular complexity index is 529. The maximum atomic E-state index is 14.2. The number of hydrogen-bond acceptors (Lipinski definition) is 2. The van der Waals surface area contributed by atoms with Gasteiger partial charge in [0, 0.05) is 24.1 Å². The van der Waals surface area contributed by atoms with E-state index in [9.17, 15) is 13.6 Å². The van der Waals surface area contributed by atoms with E-state index in [1.54, 1.807) is 0 Å². The predicted octanol–water partition coefficient (Wildman–Crippen LogP) is 2.50. The fourth-order valence-corrected chi connectivity index (χ4v) is 3.85. The minimum absolute atomic E-state index is 0.00646. The molecule has 1 aliphatic heterocycles. The van der Waals surface area contributed by atoms with E-state index in [1.165, 1.54) is 18.2 Å². The van der Waals surface area contributed by atoms with Crippen molar-refractivity contribution in [1.82, 2.24) is 10.6 Å². The largest absolute Gasteiger partial charge is 0.355 e. The molecule has 1 aromatic carbocycles. The van der Waals surface area contributed by atoms with Crippen LogP contribution in [0, 0.1) is 17.6 Å². The van der Waals surface area contributed by atoms with Crippen LogP contribution in [0.25, 0.3) is 0 Å². The summed E-state index contributed by atoms with van der Waals surface area (Å²) in [5, 5.41) is 6.11. The molecule has 1 atom stereocenters. The van der Waals surface area contributed by atoms with Gasteiger partial charge in [-0.25, -0.2) is 8.78 Å². The van der Waals surface area contributed by atoms with Gasteiger partial charge >= 0.3 is 0 Å². The number of carbonyl (C=O) groups is 1. The minimum atomic E-state index is -0.600. The number of nitrogens with one attached hydrogen (secondary N) is 2. The van der Waals surface area contributed by atoms with Crippen molar-refractivity contribution >= 4 is 5.91 Å². The van der Waals surface area contributed by atoms with Gasteiger partial charge in [-0.1, -0.05) is 18.9 Å². The van der Waals surface area contributed by atoms with Crippen LogP contribution in [-0.4, -0.2) is 25.5 Å². The molecule has 5 heteroatoms. The minimum Gasteiger partial charge on any atom is -0.355 e. The molecule has 120 valence electrons. The highest BCUT2D eigenvalue weighted by molar-refractivity contribution is 5.79. The second-order valence-electron chi connectivity index (χ2n) is 6.49. The quantitative estimate of drug-likeness (QED) is 0.897. The molecule has 3 nitrogen and oxygen atoms in total. The van der Waals surface area contributed by atoms with Gasteiger partial charge in [0.05, 0.1) is 5.92 Å². The Kier molecular flexibility index (Phi) is 4.43. The summed E-state index contributed by atoms with van der Waals surface area (Å²) in [6, 6.07) is 4.00. The van der Waals surface area contributed by atoms with Crippen LogP contribution in [0.4, 0.5) is 8.78 Å². The summed E-state index contributed by atoms with van der Waals surface area (Å²) in [6.07, 6.45) is 4.14. The number of halogens is 2. The van der Waals surface area contributed by atoms with E-state index < -0.39 is 17.0 Å². The lowest BCUT2D eigenvalue weighted by atomic mass is 9.78. The van der Waals surface area contributed by atoms with Crippen LogP contribution < -0.4 is 10.6 Å². The van der Waals surface area contributed by atoms with E-state index in [2.05, 4.69) is 10.6 Å². The van der Waals surface area contributed by atoms with Gasteiger partial charge in [-0.3, -0.25) is 4.79 Å². The molecule has 0 radical (unpaired) electrons. The zero-order valence-corrected chi connectivity index (χ0v) is 12.6. The summed E-state index contributed by atoms with van der Waals surface area (Å²) >= 11 is 0. The van der Waals surface area contributed by atoms with Crippen molar-refractivity contribution in [1.29, 1.82) is 0 Å². The van der Waals surface area contributed by atoms with Crippen LogP contribution in [0.3, 0.4) is 0 Å². The first-order valence-corrected chi connectivity index (χ1v) is 8.05. The van der Waals surface area contributed by atoms with Crippen LogP contribution in [0.5, 0.6) is 0 Å². The number of rotatable bonds is 4. The summed E-state index contributed by atoms with van der Waals surface area (Å²) in [5.74, 6) is -1.03. The molecule has 1 unspecified atom stereocenters. The smallest absolute Gasteiger partial charge is 0.224 e. The van der Waals surface area contributed by atoms with Gasteiger partial charge < -0.3 is 10.6 Å². The first-order chi connectivity index (χ1) is 10.6. The molecule has 0 bridgehead atoms. The molecular weight excluding hydrogens is 286 g/mol. The number of benzene rings is 1. The normalized spacial score (nSPS) is 23.6. The van der Waals surface area contributed by atoms with Crippen molar-refractivity contribution < 1.29 is 13.6 Å². The fraction of sp³-hybridized carbons (Fsp3) is 0.588. The van der Waals surface area contributed by atoms with Gasteiger partial charge in [0.15, 0.2) is 0 Å². The second kappa shape index (κ2) is 6.32. The average Bonchev–Trinajstić information content (AvgIpc) is 3.17. The van der Waals surface area contributed by atoms with E-state index in [-0.39, 0.29) is 17.4 Å². The highest BCUT2D eigenvalue weighted by Gasteiger charge is 2.40. The van der Waals surface area contributed by atoms with Gasteiger partial charge in [0.25, 0.3) is 0 Å². The van der Waals surface area contributed by atoms with Crippen molar-refractivity contribution in [3.63, 3.8) is 0 Å². The number of amides is 1. The molecule has 0 spiro atoms. The van der Waals surface area contributed by atoms with Gasteiger partial charge in [-0.2, -0.15) is 0 Å². The summed E-state index contributed by atoms with van der Waals surface area (Å²) in [4.78, 5) is 12.2. The molecule has 1 saturated carbocycles. The zero-order chi connectivity index (χ0) is 15.6. The summed E-state index contributed by atoms with van der Waals surface area (Å²) in [5.41, 5.74) is -0.450. The molecule has 0 aromatic heterocycles. The molecular formula is C17H22F2N2O. The van der Waals surface area contributed by atoms with Gasteiger partial charge in [-0.05, 0) is 37.9 Å². The Morgan fingerprint density at radius 1 is 1.27 bits per heavy atom. The highest BCUT2D eigenvalue weighted by atomic mass is 19.1. The van der Waals surface area contributed by atoms with Gasteiger partial charge in [0.1, 0.15) is 11.6 Å². The average molecular weight is 308 g/mol. The molecule has 1 amide bonds. The monoisotopic (exact) mass is 308 g/mol. The Hall–Kier alpha value is -1.49. The molecule has 1 aliphatic carbocycles. The fourth-order valence-electron chi connectivity index (χ4n) is 3.85. The maximum absolute atomic E-state index is 14.2. The SMILES string of the molecule is O=C(NCC1(c2c(F)cccc2F)CCCC1)C1CCNC1. The summed E-state index contributed by atoms with van der Waals surface area (Å²) in [7, 11) is 0. The molecule has 1 saturated heterocycles. The first kappa shape index (κ1) is 15.4. The Balaban J connectivity index is 1.78. The van der Waals surface area contributed by atoms with Gasteiger partial charge in [0.2, 0.25) is 5.91 Å². The number of hydrogen-bond donors (Lipinski definition) is 2. The van der Waals surface area contributed by atoms with Gasteiger partial charge in [-0.15, -0.1) is 0 Å². The van der Waals surface area contributed by atoms with Crippen molar-refractivity contribution in [3.8, 4) is 0 Å². The van der Waals surface area contributed by atoms with E-state index >= 15 is 0 Å². The topological polar surface area (TPSA) is 41.1 Å². The second-order valence-corrected chi connectivity index (χ2v) is 6.49. The van der Waals surface area contributed by atoms with Crippen LogP contribution in [-0.2, 0) is 10.2 Å². The predicted molar refractivity (Wildman–Crippen MR) is 80.5 cm³/mol. The Labute approximate surface area is 129 Å². The summed E-state index contributed by atoms with van der Waals surface area (Å²) < 4.78 is 28.4. The van der Waals surface area contributed by atoms with E-state index in [0.717, 1.165) is 25.8 Å². The van der Waals surface area contributed by atoms with Crippen molar-refractivity contribution in [2.24, 2.45) is 5.92 Å². The Morgan fingerprint density at radius 2 is 1.95 bits per heavy atom. The molecule has 1 aromatic rings. The van der Waals surface area contributed by atoms with E-state index in [4.69, 9.17) is 0 Å². The molecule has 2 aliphatic rings. The third-order valence-corrected chi connectivity index (χ3v) is 5.09. The van der Waals surface area contributed by atoms with Crippen molar-refractivity contribution in [2.75, 3.05) is 19.6 Å². The van der Waals surface area contributed by atoms with Crippen LogP contribution in [0.15, 0.2) is 18.2 Å². The van der Waals surface area contributed by atoms with E-state index in [1.807, 2.05) is 0 Å². The van der Waals surface area contributed by atoms with Crippen LogP contribution >= 0.6 is 0 Å². The lowest BCUT2D eigenvalue weighted by Crippen LogP contribution is -2.42.